The predicted octanol–water partition coefficient (Wildman–Crippen LogP) is 4.72. The number of methoxy groups -OCH3 is 1. The van der Waals surface area contributed by atoms with Crippen molar-refractivity contribution in [3.8, 4) is 5.75 Å². The summed E-state index contributed by atoms with van der Waals surface area (Å²) in [5.41, 5.74) is 2.30. The molecule has 7 heteroatoms. The predicted molar refractivity (Wildman–Crippen MR) is 116 cm³/mol. The van der Waals surface area contributed by atoms with Crippen LogP contribution >= 0.6 is 0 Å². The molecule has 0 spiro atoms. The second-order valence-corrected chi connectivity index (χ2v) is 6.66. The summed E-state index contributed by atoms with van der Waals surface area (Å²) < 4.78 is 5.46. The summed E-state index contributed by atoms with van der Waals surface area (Å²) in [4.78, 5) is 25.9. The van der Waals surface area contributed by atoms with Gasteiger partial charge in [0.1, 0.15) is 11.9 Å². The van der Waals surface area contributed by atoms with Gasteiger partial charge in [-0.15, -0.1) is 0 Å². The quantitative estimate of drug-likeness (QED) is 0.494. The summed E-state index contributed by atoms with van der Waals surface area (Å²) in [6, 6.07) is 21.0. The molecule has 1 aliphatic heterocycles. The summed E-state index contributed by atoms with van der Waals surface area (Å²) in [5.74, 6) is 0.363. The number of rotatable bonds is 5. The molecule has 0 unspecified atom stereocenters. The number of para-hydroxylation sites is 4. The molecular weight excluding hydrogens is 382 g/mol. The minimum Gasteiger partial charge on any atom is -0.495 e. The molecule has 3 aromatic carbocycles. The first-order valence-corrected chi connectivity index (χ1v) is 9.34. The van der Waals surface area contributed by atoms with Crippen LogP contribution in [0.1, 0.15) is 15.9 Å². The molecule has 7 nitrogen and oxygen atoms in total. The van der Waals surface area contributed by atoms with E-state index in [4.69, 9.17) is 4.74 Å². The van der Waals surface area contributed by atoms with Crippen LogP contribution in [0.25, 0.3) is 6.08 Å². The second kappa shape index (κ2) is 8.08. The molecule has 1 N–H and O–H groups in total. The standard InChI is InChI=1S/C23H19N3O4/c1-30-21-13-7-6-12-20(21)25-22(24-18-10-4-3-9-17(18)23(25)27)15-14-16-8-2-5-11-19(16)26(28)29/h2-15,22,24H,1H3/b15-14+/t22-/m1/s1. The number of nitrogens with one attached hydrogen (secondary N) is 1. The van der Waals surface area contributed by atoms with Crippen LogP contribution in [-0.2, 0) is 0 Å². The van der Waals surface area contributed by atoms with Gasteiger partial charge in [0.25, 0.3) is 11.6 Å². The summed E-state index contributed by atoms with van der Waals surface area (Å²) >= 11 is 0. The van der Waals surface area contributed by atoms with Crippen molar-refractivity contribution in [1.82, 2.24) is 0 Å². The smallest absolute Gasteiger partial charge is 0.276 e. The van der Waals surface area contributed by atoms with Crippen LogP contribution in [-0.4, -0.2) is 24.1 Å². The van der Waals surface area contributed by atoms with Gasteiger partial charge in [0, 0.05) is 11.8 Å². The normalized spacial score (nSPS) is 15.6. The van der Waals surface area contributed by atoms with E-state index in [1.165, 1.54) is 6.07 Å². The van der Waals surface area contributed by atoms with Gasteiger partial charge in [0.15, 0.2) is 0 Å². The minimum absolute atomic E-state index is 0.000118. The number of fused-ring (bicyclic) bond motifs is 1. The fraction of sp³-hybridized carbons (Fsp3) is 0.0870. The van der Waals surface area contributed by atoms with Gasteiger partial charge >= 0.3 is 0 Å². The molecule has 1 heterocycles. The van der Waals surface area contributed by atoms with Crippen molar-refractivity contribution in [1.29, 1.82) is 0 Å². The van der Waals surface area contributed by atoms with Crippen molar-refractivity contribution in [2.45, 2.75) is 6.17 Å². The van der Waals surface area contributed by atoms with Gasteiger partial charge in [-0.05, 0) is 42.5 Å². The zero-order valence-corrected chi connectivity index (χ0v) is 16.2. The van der Waals surface area contributed by atoms with Gasteiger partial charge in [0.2, 0.25) is 0 Å². The van der Waals surface area contributed by atoms with E-state index in [-0.39, 0.29) is 11.6 Å². The minimum atomic E-state index is -0.566. The highest BCUT2D eigenvalue weighted by Crippen LogP contribution is 2.35. The molecule has 0 radical (unpaired) electrons. The van der Waals surface area contributed by atoms with Crippen molar-refractivity contribution in [2.24, 2.45) is 0 Å². The fourth-order valence-electron chi connectivity index (χ4n) is 3.49. The van der Waals surface area contributed by atoms with Crippen LogP contribution in [0.4, 0.5) is 17.1 Å². The van der Waals surface area contributed by atoms with E-state index in [0.29, 0.717) is 28.3 Å². The number of amides is 1. The van der Waals surface area contributed by atoms with Gasteiger partial charge in [0.05, 0.1) is 28.8 Å². The molecule has 1 aliphatic rings. The molecule has 4 rings (SSSR count). The molecule has 0 aromatic heterocycles. The van der Waals surface area contributed by atoms with Crippen LogP contribution in [0.2, 0.25) is 0 Å². The molecule has 0 saturated carbocycles. The molecular formula is C23H19N3O4. The monoisotopic (exact) mass is 401 g/mol. The maximum absolute atomic E-state index is 13.4. The zero-order valence-electron chi connectivity index (χ0n) is 16.2. The second-order valence-electron chi connectivity index (χ2n) is 6.66. The maximum atomic E-state index is 13.4. The summed E-state index contributed by atoms with van der Waals surface area (Å²) in [7, 11) is 1.55. The summed E-state index contributed by atoms with van der Waals surface area (Å²) in [6.45, 7) is 0. The van der Waals surface area contributed by atoms with Gasteiger partial charge < -0.3 is 10.1 Å². The Labute approximate surface area is 173 Å². The number of nitro benzene ring substituents is 1. The highest BCUT2D eigenvalue weighted by atomic mass is 16.6. The first-order chi connectivity index (χ1) is 14.6. The van der Waals surface area contributed by atoms with Crippen LogP contribution < -0.4 is 15.0 Å². The topological polar surface area (TPSA) is 84.7 Å². The Morgan fingerprint density at radius 2 is 1.73 bits per heavy atom. The highest BCUT2D eigenvalue weighted by molar-refractivity contribution is 6.13. The zero-order chi connectivity index (χ0) is 21.1. The Hall–Kier alpha value is -4.13. The van der Waals surface area contributed by atoms with Gasteiger partial charge in [-0.1, -0.05) is 36.4 Å². The van der Waals surface area contributed by atoms with E-state index in [9.17, 15) is 14.9 Å². The van der Waals surface area contributed by atoms with Gasteiger partial charge in [-0.2, -0.15) is 0 Å². The van der Waals surface area contributed by atoms with Crippen LogP contribution in [0, 0.1) is 10.1 Å². The third kappa shape index (κ3) is 3.48. The molecule has 1 amide bonds. The average Bonchev–Trinajstić information content (AvgIpc) is 2.78. The van der Waals surface area contributed by atoms with Crippen LogP contribution in [0.5, 0.6) is 5.75 Å². The molecule has 0 saturated heterocycles. The first-order valence-electron chi connectivity index (χ1n) is 9.34. The fourth-order valence-corrected chi connectivity index (χ4v) is 3.49. The van der Waals surface area contributed by atoms with Crippen LogP contribution in [0.3, 0.4) is 0 Å². The van der Waals surface area contributed by atoms with E-state index in [1.807, 2.05) is 30.3 Å². The number of carbonyl (C=O) groups excluding carboxylic acids is 1. The largest absolute Gasteiger partial charge is 0.495 e. The molecule has 1 atom stereocenters. The number of hydrogen-bond acceptors (Lipinski definition) is 5. The van der Waals surface area contributed by atoms with Crippen molar-refractivity contribution in [3.05, 3.63) is 100 Å². The van der Waals surface area contributed by atoms with E-state index >= 15 is 0 Å². The number of benzene rings is 3. The van der Waals surface area contributed by atoms with Crippen molar-refractivity contribution in [2.75, 3.05) is 17.3 Å². The molecule has 3 aromatic rings. The lowest BCUT2D eigenvalue weighted by Crippen LogP contribution is -2.48. The lowest BCUT2D eigenvalue weighted by atomic mass is 10.0. The van der Waals surface area contributed by atoms with E-state index in [0.717, 1.165) is 0 Å². The number of nitrogens with zero attached hydrogens (tertiary/aromatic N) is 2. The number of anilines is 2. The molecule has 0 aliphatic carbocycles. The Balaban J connectivity index is 1.80. The van der Waals surface area contributed by atoms with Crippen LogP contribution in [0.15, 0.2) is 78.9 Å². The molecule has 0 bridgehead atoms. The maximum Gasteiger partial charge on any atom is 0.276 e. The van der Waals surface area contributed by atoms with Gasteiger partial charge in [-0.25, -0.2) is 0 Å². The van der Waals surface area contributed by atoms with E-state index in [1.54, 1.807) is 60.6 Å². The average molecular weight is 401 g/mol. The Morgan fingerprint density at radius 3 is 2.53 bits per heavy atom. The van der Waals surface area contributed by atoms with Crippen molar-refractivity contribution >= 4 is 29.0 Å². The number of hydrogen-bond donors (Lipinski definition) is 1. The molecule has 150 valence electrons. The van der Waals surface area contributed by atoms with E-state index in [2.05, 4.69) is 5.32 Å². The van der Waals surface area contributed by atoms with Gasteiger partial charge in [-0.3, -0.25) is 19.8 Å². The van der Waals surface area contributed by atoms with Crippen molar-refractivity contribution in [3.63, 3.8) is 0 Å². The number of nitro groups is 1. The first kappa shape index (κ1) is 19.2. The Bertz CT molecular complexity index is 1140. The molecule has 30 heavy (non-hydrogen) atoms. The lowest BCUT2D eigenvalue weighted by molar-refractivity contribution is -0.385. The SMILES string of the molecule is COc1ccccc1N1C(=O)c2ccccc2N[C@H]1/C=C/c1ccccc1[N+](=O)[O-]. The number of ether oxygens (including phenoxy) is 1. The number of carbonyl (C=O) groups is 1. The third-order valence-electron chi connectivity index (χ3n) is 4.89. The lowest BCUT2D eigenvalue weighted by Gasteiger charge is -2.36. The summed E-state index contributed by atoms with van der Waals surface area (Å²) in [5, 5.41) is 14.7. The summed E-state index contributed by atoms with van der Waals surface area (Å²) in [6.07, 6.45) is 2.82. The highest BCUT2D eigenvalue weighted by Gasteiger charge is 2.33. The molecule has 0 fully saturated rings. The van der Waals surface area contributed by atoms with Crippen molar-refractivity contribution < 1.29 is 14.5 Å². The Morgan fingerprint density at radius 1 is 1.03 bits per heavy atom. The Kier molecular flexibility index (Phi) is 5.17. The van der Waals surface area contributed by atoms with E-state index < -0.39 is 11.1 Å². The third-order valence-corrected chi connectivity index (χ3v) is 4.89.